The van der Waals surface area contributed by atoms with Gasteiger partial charge < -0.3 is 5.73 Å². The number of fused-ring (bicyclic) bond motifs is 1. The van der Waals surface area contributed by atoms with Crippen LogP contribution in [-0.4, -0.2) is 15.5 Å². The minimum absolute atomic E-state index is 0.0298. The van der Waals surface area contributed by atoms with Crippen molar-refractivity contribution >= 4 is 38.8 Å². The molecule has 0 aliphatic heterocycles. The van der Waals surface area contributed by atoms with Crippen molar-refractivity contribution in [1.29, 1.82) is 0 Å². The molecule has 0 bridgehead atoms. The molecule has 0 atom stereocenters. The Bertz CT molecular complexity index is 923. The van der Waals surface area contributed by atoms with E-state index >= 15 is 0 Å². The van der Waals surface area contributed by atoms with Gasteiger partial charge in [0.2, 0.25) is 5.91 Å². The van der Waals surface area contributed by atoms with Gasteiger partial charge in [-0.2, -0.15) is 0 Å². The van der Waals surface area contributed by atoms with E-state index < -0.39 is 0 Å². The van der Waals surface area contributed by atoms with E-state index in [0.717, 1.165) is 21.1 Å². The minimum Gasteiger partial charge on any atom is -0.370 e. The van der Waals surface area contributed by atoms with Crippen molar-refractivity contribution < 1.29 is 4.79 Å². The van der Waals surface area contributed by atoms with Crippen LogP contribution in [0.3, 0.4) is 0 Å². The van der Waals surface area contributed by atoms with E-state index in [2.05, 4.69) is 0 Å². The summed E-state index contributed by atoms with van der Waals surface area (Å²) in [6.45, 7) is 4.50. The third-order valence-electron chi connectivity index (χ3n) is 3.83. The van der Waals surface area contributed by atoms with Gasteiger partial charge in [-0.1, -0.05) is 19.9 Å². The summed E-state index contributed by atoms with van der Waals surface area (Å²) in [7, 11) is 0. The molecule has 0 aliphatic carbocycles. The first-order valence-corrected chi connectivity index (χ1v) is 9.59. The van der Waals surface area contributed by atoms with Crippen LogP contribution in [-0.2, 0) is 11.3 Å². The van der Waals surface area contributed by atoms with E-state index in [-0.39, 0.29) is 23.8 Å². The Hall–Kier alpha value is -1.99. The Morgan fingerprint density at radius 3 is 2.79 bits per heavy atom. The van der Waals surface area contributed by atoms with Gasteiger partial charge in [0.05, 0.1) is 5.39 Å². The van der Waals surface area contributed by atoms with Gasteiger partial charge in [0.15, 0.2) is 0 Å². The van der Waals surface area contributed by atoms with Crippen LogP contribution in [0.1, 0.15) is 38.4 Å². The lowest BCUT2D eigenvalue weighted by Crippen LogP contribution is -2.26. The van der Waals surface area contributed by atoms with E-state index in [9.17, 15) is 9.59 Å². The van der Waals surface area contributed by atoms with Crippen molar-refractivity contribution in [3.8, 4) is 10.4 Å². The molecule has 2 N–H and O–H groups in total. The highest BCUT2D eigenvalue weighted by molar-refractivity contribution is 7.18. The highest BCUT2D eigenvalue weighted by Gasteiger charge is 2.18. The van der Waals surface area contributed by atoms with Crippen LogP contribution in [0.5, 0.6) is 0 Å². The first-order chi connectivity index (χ1) is 11.5. The molecule has 0 saturated heterocycles. The molecule has 3 heterocycles. The Morgan fingerprint density at radius 2 is 2.17 bits per heavy atom. The van der Waals surface area contributed by atoms with Gasteiger partial charge in [-0.05, 0) is 17.9 Å². The number of primary amides is 1. The molecule has 126 valence electrons. The Labute approximate surface area is 147 Å². The maximum absolute atomic E-state index is 13.1. The second-order valence-electron chi connectivity index (χ2n) is 5.96. The Balaban J connectivity index is 2.14. The standard InChI is InChI=1S/C17H19N3O2S2/c1-10(2)15-19-16-14(11(9-24-16)12-5-4-8-23-12)17(22)20(15)7-3-6-13(18)21/h4-5,8-10H,3,6-7H2,1-2H3,(H2,18,21). The molecule has 0 saturated carbocycles. The molecule has 5 nitrogen and oxygen atoms in total. The second-order valence-corrected chi connectivity index (χ2v) is 7.76. The topological polar surface area (TPSA) is 78.0 Å². The quantitative estimate of drug-likeness (QED) is 0.729. The number of nitrogens with two attached hydrogens (primary N) is 1. The molecule has 3 aromatic heterocycles. The van der Waals surface area contributed by atoms with Crippen LogP contribution < -0.4 is 11.3 Å². The summed E-state index contributed by atoms with van der Waals surface area (Å²) >= 11 is 3.12. The smallest absolute Gasteiger partial charge is 0.262 e. The second kappa shape index (κ2) is 6.86. The Kier molecular flexibility index (Phi) is 4.82. The van der Waals surface area contributed by atoms with Gasteiger partial charge in [0.25, 0.3) is 5.56 Å². The summed E-state index contributed by atoms with van der Waals surface area (Å²) in [5.41, 5.74) is 6.13. The van der Waals surface area contributed by atoms with Gasteiger partial charge >= 0.3 is 0 Å². The lowest BCUT2D eigenvalue weighted by Gasteiger charge is -2.14. The predicted octanol–water partition coefficient (Wildman–Crippen LogP) is 3.58. The summed E-state index contributed by atoms with van der Waals surface area (Å²) in [6, 6.07) is 3.99. The Morgan fingerprint density at radius 1 is 1.38 bits per heavy atom. The summed E-state index contributed by atoms with van der Waals surface area (Å²) in [5, 5.41) is 4.68. The third kappa shape index (κ3) is 3.14. The zero-order valence-electron chi connectivity index (χ0n) is 13.6. The number of carbonyl (C=O) groups is 1. The summed E-state index contributed by atoms with van der Waals surface area (Å²) < 4.78 is 1.71. The zero-order chi connectivity index (χ0) is 17.3. The van der Waals surface area contributed by atoms with Crippen molar-refractivity contribution in [2.45, 2.75) is 39.2 Å². The third-order valence-corrected chi connectivity index (χ3v) is 5.61. The number of carbonyl (C=O) groups excluding carboxylic acids is 1. The zero-order valence-corrected chi connectivity index (χ0v) is 15.2. The predicted molar refractivity (Wildman–Crippen MR) is 99.7 cm³/mol. The van der Waals surface area contributed by atoms with Gasteiger partial charge in [-0.25, -0.2) is 4.98 Å². The largest absolute Gasteiger partial charge is 0.370 e. The molecular formula is C17H19N3O2S2. The van der Waals surface area contributed by atoms with Crippen molar-refractivity contribution in [3.63, 3.8) is 0 Å². The van der Waals surface area contributed by atoms with Crippen molar-refractivity contribution in [1.82, 2.24) is 9.55 Å². The molecule has 0 aromatic carbocycles. The lowest BCUT2D eigenvalue weighted by molar-refractivity contribution is -0.118. The number of amides is 1. The molecule has 0 radical (unpaired) electrons. The molecule has 3 aromatic rings. The van der Waals surface area contributed by atoms with Crippen LogP contribution in [0, 0.1) is 0 Å². The van der Waals surface area contributed by atoms with Crippen molar-refractivity contribution in [2.24, 2.45) is 5.73 Å². The van der Waals surface area contributed by atoms with Gasteiger partial charge in [-0.15, -0.1) is 22.7 Å². The normalized spacial score (nSPS) is 11.5. The molecule has 24 heavy (non-hydrogen) atoms. The van der Waals surface area contributed by atoms with Crippen LogP contribution in [0.2, 0.25) is 0 Å². The van der Waals surface area contributed by atoms with E-state index in [1.807, 2.05) is 36.7 Å². The fourth-order valence-electron chi connectivity index (χ4n) is 2.72. The average Bonchev–Trinajstić information content (AvgIpc) is 3.17. The first kappa shape index (κ1) is 16.9. The maximum Gasteiger partial charge on any atom is 0.262 e. The number of hydrogen-bond acceptors (Lipinski definition) is 5. The van der Waals surface area contributed by atoms with Crippen molar-refractivity contribution in [2.75, 3.05) is 0 Å². The molecule has 0 aliphatic rings. The van der Waals surface area contributed by atoms with E-state index in [1.165, 1.54) is 11.3 Å². The number of hydrogen-bond donors (Lipinski definition) is 1. The van der Waals surface area contributed by atoms with E-state index in [1.54, 1.807) is 15.9 Å². The van der Waals surface area contributed by atoms with Gasteiger partial charge in [0.1, 0.15) is 10.7 Å². The van der Waals surface area contributed by atoms with Gasteiger partial charge in [0, 0.05) is 34.7 Å². The number of thiophene rings is 2. The molecule has 7 heteroatoms. The van der Waals surface area contributed by atoms with Crippen LogP contribution >= 0.6 is 22.7 Å². The molecular weight excluding hydrogens is 342 g/mol. The number of aromatic nitrogens is 2. The molecule has 0 spiro atoms. The first-order valence-electron chi connectivity index (χ1n) is 7.83. The number of nitrogens with zero attached hydrogens (tertiary/aromatic N) is 2. The summed E-state index contributed by atoms with van der Waals surface area (Å²) in [5.74, 6) is 0.539. The number of rotatable bonds is 6. The minimum atomic E-state index is -0.349. The average molecular weight is 361 g/mol. The van der Waals surface area contributed by atoms with E-state index in [0.29, 0.717) is 18.4 Å². The molecule has 0 fully saturated rings. The van der Waals surface area contributed by atoms with Crippen molar-refractivity contribution in [3.05, 3.63) is 39.1 Å². The SMILES string of the molecule is CC(C)c1nc2scc(-c3cccs3)c2c(=O)n1CCCC(N)=O. The van der Waals surface area contributed by atoms with Crippen LogP contribution in [0.25, 0.3) is 20.7 Å². The van der Waals surface area contributed by atoms with Gasteiger partial charge in [-0.3, -0.25) is 14.2 Å². The lowest BCUT2D eigenvalue weighted by atomic mass is 10.1. The van der Waals surface area contributed by atoms with Crippen LogP contribution in [0.15, 0.2) is 27.7 Å². The summed E-state index contributed by atoms with van der Waals surface area (Å²) in [6.07, 6.45) is 0.810. The highest BCUT2D eigenvalue weighted by Crippen LogP contribution is 2.34. The molecule has 1 amide bonds. The summed E-state index contributed by atoms with van der Waals surface area (Å²) in [4.78, 5) is 30.7. The fraction of sp³-hybridized carbons (Fsp3) is 0.353. The maximum atomic E-state index is 13.1. The molecule has 3 rings (SSSR count). The molecule has 0 unspecified atom stereocenters. The fourth-order valence-corrected chi connectivity index (χ4v) is 4.48. The highest BCUT2D eigenvalue weighted by atomic mass is 32.1. The monoisotopic (exact) mass is 361 g/mol. The van der Waals surface area contributed by atoms with Crippen LogP contribution in [0.4, 0.5) is 0 Å². The van der Waals surface area contributed by atoms with E-state index in [4.69, 9.17) is 10.7 Å².